The zero-order chi connectivity index (χ0) is 34.0. The molecular formula is C35H35ClN6O7. The highest BCUT2D eigenvalue weighted by Crippen LogP contribution is 2.35. The molecule has 1 saturated heterocycles. The molecule has 0 spiro atoms. The minimum Gasteiger partial charge on any atom is -0.494 e. The Morgan fingerprint density at radius 3 is 2.55 bits per heavy atom. The molecule has 0 saturated carbocycles. The first-order chi connectivity index (χ1) is 23.9. The molecule has 14 heteroatoms. The van der Waals surface area contributed by atoms with Crippen molar-refractivity contribution in [1.29, 1.82) is 0 Å². The number of ether oxygens (including phenoxy) is 4. The number of rotatable bonds is 13. The van der Waals surface area contributed by atoms with Gasteiger partial charge in [-0.3, -0.25) is 19.4 Å². The fraction of sp³-hybridized carbons (Fsp3) is 0.286. The Morgan fingerprint density at radius 2 is 1.78 bits per heavy atom. The highest BCUT2D eigenvalue weighted by Gasteiger charge is 2.32. The molecule has 2 N–H and O–H groups in total. The molecule has 3 amide bonds. The lowest BCUT2D eigenvalue weighted by Gasteiger charge is -2.32. The lowest BCUT2D eigenvalue weighted by Crippen LogP contribution is -2.46. The van der Waals surface area contributed by atoms with Gasteiger partial charge in [-0.25, -0.2) is 4.98 Å². The van der Waals surface area contributed by atoms with Crippen LogP contribution in [0.2, 0.25) is 5.02 Å². The number of pyridine rings is 2. The summed E-state index contributed by atoms with van der Waals surface area (Å²) in [5.74, 6) is 0.908. The number of amides is 3. The summed E-state index contributed by atoms with van der Waals surface area (Å²) < 4.78 is 22.3. The van der Waals surface area contributed by atoms with Crippen LogP contribution in [0.5, 0.6) is 17.2 Å². The molecule has 0 radical (unpaired) electrons. The maximum atomic E-state index is 14.2. The van der Waals surface area contributed by atoms with Gasteiger partial charge in [0.1, 0.15) is 23.3 Å². The summed E-state index contributed by atoms with van der Waals surface area (Å²) in [6, 6.07) is 19.8. The number of anilines is 2. The molecule has 49 heavy (non-hydrogen) atoms. The van der Waals surface area contributed by atoms with Crippen LogP contribution in [-0.4, -0.2) is 85.4 Å². The van der Waals surface area contributed by atoms with Gasteiger partial charge >= 0.3 is 0 Å². The van der Waals surface area contributed by atoms with E-state index in [4.69, 9.17) is 30.5 Å². The Kier molecular flexibility index (Phi) is 11.0. The highest BCUT2D eigenvalue weighted by molar-refractivity contribution is 6.30. The number of fused-ring (bicyclic) bond motifs is 1. The fourth-order valence-corrected chi connectivity index (χ4v) is 5.57. The molecule has 4 aromatic rings. The van der Waals surface area contributed by atoms with E-state index < -0.39 is 30.3 Å². The number of nitrogens with zero attached hydrogens (tertiary/aromatic N) is 4. The van der Waals surface area contributed by atoms with Crippen LogP contribution in [-0.2, 0) is 14.3 Å². The van der Waals surface area contributed by atoms with E-state index >= 15 is 0 Å². The average Bonchev–Trinajstić information content (AvgIpc) is 3.61. The van der Waals surface area contributed by atoms with Gasteiger partial charge in [-0.15, -0.1) is 0 Å². The fourth-order valence-electron chi connectivity index (χ4n) is 5.41. The second kappa shape index (κ2) is 16.1. The van der Waals surface area contributed by atoms with Crippen LogP contribution >= 0.6 is 11.6 Å². The van der Waals surface area contributed by atoms with E-state index in [1.165, 1.54) is 17.2 Å². The van der Waals surface area contributed by atoms with E-state index in [9.17, 15) is 14.4 Å². The average molecular weight is 687 g/mol. The van der Waals surface area contributed by atoms with Gasteiger partial charge in [0.2, 0.25) is 12.7 Å². The van der Waals surface area contributed by atoms with E-state index in [2.05, 4.69) is 25.5 Å². The Hall–Kier alpha value is -5.40. The summed E-state index contributed by atoms with van der Waals surface area (Å²) in [5, 5.41) is 5.88. The largest absolute Gasteiger partial charge is 0.494 e. The lowest BCUT2D eigenvalue weighted by atomic mass is 10.0. The normalized spacial score (nSPS) is 14.1. The van der Waals surface area contributed by atoms with Crippen LogP contribution < -0.4 is 29.7 Å². The SMILES string of the molecule is O=C(NCC(=O)N(CCCOc1ccccc1)C(C(=O)Nc1ccc2c(c1)OCO2)c1ccc(N2CCOCC2)nc1)c1cc(Cl)ccn1. The molecular weight excluding hydrogens is 652 g/mol. The molecule has 1 unspecified atom stereocenters. The second-order valence-electron chi connectivity index (χ2n) is 11.2. The molecule has 4 heterocycles. The van der Waals surface area contributed by atoms with Gasteiger partial charge in [0.25, 0.3) is 11.8 Å². The van der Waals surface area contributed by atoms with E-state index in [1.54, 1.807) is 36.5 Å². The minimum atomic E-state index is -1.12. The third-order valence-corrected chi connectivity index (χ3v) is 8.09. The van der Waals surface area contributed by atoms with Crippen LogP contribution in [0, 0.1) is 0 Å². The Labute approximate surface area is 288 Å². The molecule has 1 atom stereocenters. The summed E-state index contributed by atoms with van der Waals surface area (Å²) in [7, 11) is 0. The smallest absolute Gasteiger partial charge is 0.270 e. The topological polar surface area (TPSA) is 144 Å². The maximum Gasteiger partial charge on any atom is 0.270 e. The number of carbonyl (C=O) groups is 3. The number of hydrogen-bond donors (Lipinski definition) is 2. The van der Waals surface area contributed by atoms with Crippen LogP contribution in [0.15, 0.2) is 85.2 Å². The van der Waals surface area contributed by atoms with Crippen molar-refractivity contribution >= 4 is 40.8 Å². The van der Waals surface area contributed by atoms with Crippen LogP contribution in [0.3, 0.4) is 0 Å². The Balaban J connectivity index is 1.27. The third-order valence-electron chi connectivity index (χ3n) is 7.85. The summed E-state index contributed by atoms with van der Waals surface area (Å²) in [6.07, 6.45) is 3.39. The van der Waals surface area contributed by atoms with Gasteiger partial charge in [-0.2, -0.15) is 0 Å². The number of nitrogens with one attached hydrogen (secondary N) is 2. The summed E-state index contributed by atoms with van der Waals surface area (Å²) in [4.78, 5) is 53.3. The van der Waals surface area contributed by atoms with Crippen molar-refractivity contribution in [2.45, 2.75) is 12.5 Å². The number of para-hydroxylation sites is 1. The van der Waals surface area contributed by atoms with Crippen molar-refractivity contribution in [3.8, 4) is 17.2 Å². The molecule has 1 fully saturated rings. The number of hydrogen-bond acceptors (Lipinski definition) is 10. The summed E-state index contributed by atoms with van der Waals surface area (Å²) in [6.45, 7) is 2.64. The van der Waals surface area contributed by atoms with Crippen molar-refractivity contribution in [2.24, 2.45) is 0 Å². The Morgan fingerprint density at radius 1 is 0.959 bits per heavy atom. The summed E-state index contributed by atoms with van der Waals surface area (Å²) in [5.41, 5.74) is 0.996. The molecule has 13 nitrogen and oxygen atoms in total. The molecule has 6 rings (SSSR count). The second-order valence-corrected chi connectivity index (χ2v) is 11.6. The zero-order valence-electron chi connectivity index (χ0n) is 26.5. The van der Waals surface area contributed by atoms with Crippen LogP contribution in [0.4, 0.5) is 11.5 Å². The van der Waals surface area contributed by atoms with Crippen molar-refractivity contribution in [3.63, 3.8) is 0 Å². The van der Waals surface area contributed by atoms with Crippen LogP contribution in [0.1, 0.15) is 28.5 Å². The first-order valence-electron chi connectivity index (χ1n) is 15.8. The van der Waals surface area contributed by atoms with E-state index in [0.29, 0.717) is 66.2 Å². The molecule has 2 aromatic heterocycles. The number of benzene rings is 2. The van der Waals surface area contributed by atoms with Crippen LogP contribution in [0.25, 0.3) is 0 Å². The first-order valence-corrected chi connectivity index (χ1v) is 16.2. The third kappa shape index (κ3) is 8.75. The predicted molar refractivity (Wildman–Crippen MR) is 181 cm³/mol. The van der Waals surface area contributed by atoms with Crippen molar-refractivity contribution < 1.29 is 33.3 Å². The Bertz CT molecular complexity index is 1760. The number of halogens is 1. The van der Waals surface area contributed by atoms with Gasteiger partial charge < -0.3 is 39.4 Å². The maximum absolute atomic E-state index is 14.2. The number of carbonyl (C=O) groups excluding carboxylic acids is 3. The molecule has 2 aliphatic heterocycles. The van der Waals surface area contributed by atoms with E-state index in [-0.39, 0.29) is 25.6 Å². The van der Waals surface area contributed by atoms with Gasteiger partial charge in [-0.1, -0.05) is 35.9 Å². The number of morpholine rings is 1. The van der Waals surface area contributed by atoms with Gasteiger partial charge in [0.15, 0.2) is 11.5 Å². The van der Waals surface area contributed by atoms with Gasteiger partial charge in [-0.05, 0) is 48.9 Å². The first kappa shape index (κ1) is 33.5. The molecule has 2 aliphatic rings. The van der Waals surface area contributed by atoms with Gasteiger partial charge in [0.05, 0.1) is 26.4 Å². The minimum absolute atomic E-state index is 0.0584. The predicted octanol–water partition coefficient (Wildman–Crippen LogP) is 4.10. The van der Waals surface area contributed by atoms with Crippen molar-refractivity contribution in [3.05, 3.63) is 101 Å². The summed E-state index contributed by atoms with van der Waals surface area (Å²) >= 11 is 6.04. The molecule has 0 aliphatic carbocycles. The number of aromatic nitrogens is 2. The highest BCUT2D eigenvalue weighted by atomic mass is 35.5. The monoisotopic (exact) mass is 686 g/mol. The van der Waals surface area contributed by atoms with Crippen molar-refractivity contribution in [1.82, 2.24) is 20.2 Å². The van der Waals surface area contributed by atoms with Crippen molar-refractivity contribution in [2.75, 3.05) is 63.0 Å². The van der Waals surface area contributed by atoms with Gasteiger partial charge in [0, 0.05) is 54.4 Å². The lowest BCUT2D eigenvalue weighted by molar-refractivity contribution is -0.138. The van der Waals surface area contributed by atoms with E-state index in [1.807, 2.05) is 36.4 Å². The molecule has 254 valence electrons. The molecule has 0 bridgehead atoms. The quantitative estimate of drug-likeness (QED) is 0.197. The standard InChI is InChI=1S/C35H35ClN6O7/c36-25-11-12-37-28(19-25)34(44)39-22-32(43)42(13-4-16-47-27-5-2-1-3-6-27)33(24-7-10-31(38-21-24)41-14-17-46-18-15-41)35(45)40-26-8-9-29-30(20-26)49-23-48-29/h1-3,5-12,19-21,33H,4,13-18,22-23H2,(H,39,44)(H,40,45). The zero-order valence-corrected chi connectivity index (χ0v) is 27.3. The molecule has 2 aromatic carbocycles. The van der Waals surface area contributed by atoms with E-state index in [0.717, 1.165) is 5.82 Å².